The number of aryl methyl sites for hydroxylation is 2. The third kappa shape index (κ3) is 9.19. The van der Waals surface area contributed by atoms with Crippen molar-refractivity contribution < 1.29 is 39.9 Å². The predicted octanol–water partition coefficient (Wildman–Crippen LogP) is 12.1. The van der Waals surface area contributed by atoms with Crippen LogP contribution in [0.25, 0.3) is 11.3 Å². The standard InChI is InChI=1S/C39H39F8NO/c1-2-3-4-7-24-10-12-26(13-11-24)29-16-17-36(48-23-29)28-15-14-27(31(40)20-28)9-6-5-8-25-18-32(41)37(33(42)19-25)39(46,47)49-30-21-34(43)38(45)35(44)22-30/h14-24,26H,2-13H2,1H3. The van der Waals surface area contributed by atoms with Crippen LogP contribution in [0.5, 0.6) is 5.75 Å². The zero-order chi connectivity index (χ0) is 35.1. The fraction of sp³-hybridized carbons (Fsp3) is 0.410. The summed E-state index contributed by atoms with van der Waals surface area (Å²) in [5.41, 5.74) is 1.36. The highest BCUT2D eigenvalue weighted by Crippen LogP contribution is 2.39. The lowest BCUT2D eigenvalue weighted by molar-refractivity contribution is -0.189. The van der Waals surface area contributed by atoms with Gasteiger partial charge in [-0.2, -0.15) is 8.78 Å². The Labute approximate surface area is 281 Å². The first-order valence-corrected chi connectivity index (χ1v) is 16.9. The number of alkyl halides is 2. The van der Waals surface area contributed by atoms with Gasteiger partial charge in [0.25, 0.3) is 0 Å². The van der Waals surface area contributed by atoms with Crippen molar-refractivity contribution in [2.75, 3.05) is 0 Å². The summed E-state index contributed by atoms with van der Waals surface area (Å²) >= 11 is 0. The smallest absolute Gasteiger partial charge is 0.429 e. The molecule has 2 nitrogen and oxygen atoms in total. The first-order chi connectivity index (χ1) is 23.4. The van der Waals surface area contributed by atoms with E-state index in [4.69, 9.17) is 0 Å². The van der Waals surface area contributed by atoms with Gasteiger partial charge in [0.15, 0.2) is 17.5 Å². The predicted molar refractivity (Wildman–Crippen MR) is 172 cm³/mol. The molecule has 49 heavy (non-hydrogen) atoms. The van der Waals surface area contributed by atoms with Crippen LogP contribution in [0.2, 0.25) is 0 Å². The van der Waals surface area contributed by atoms with Gasteiger partial charge in [0.05, 0.1) is 5.69 Å². The second-order valence-electron chi connectivity index (χ2n) is 13.0. The Kier molecular flexibility index (Phi) is 12.0. The van der Waals surface area contributed by atoms with E-state index in [0.717, 1.165) is 18.1 Å². The molecule has 0 unspecified atom stereocenters. The van der Waals surface area contributed by atoms with Gasteiger partial charge in [0.1, 0.15) is 28.8 Å². The fourth-order valence-corrected chi connectivity index (χ4v) is 6.68. The van der Waals surface area contributed by atoms with Gasteiger partial charge in [-0.25, -0.2) is 26.3 Å². The molecule has 1 heterocycles. The Bertz CT molecular complexity index is 1670. The molecule has 0 spiro atoms. The molecule has 0 N–H and O–H groups in total. The van der Waals surface area contributed by atoms with E-state index >= 15 is 4.39 Å². The molecule has 1 aliphatic rings. The lowest BCUT2D eigenvalue weighted by atomic mass is 9.77. The number of halogens is 8. The van der Waals surface area contributed by atoms with E-state index in [1.165, 1.54) is 63.0 Å². The van der Waals surface area contributed by atoms with Gasteiger partial charge in [-0.15, -0.1) is 0 Å². The minimum atomic E-state index is -4.66. The summed E-state index contributed by atoms with van der Waals surface area (Å²) in [7, 11) is 0. The summed E-state index contributed by atoms with van der Waals surface area (Å²) in [5, 5.41) is 0. The number of hydrogen-bond donors (Lipinski definition) is 0. The zero-order valence-electron chi connectivity index (χ0n) is 27.3. The lowest BCUT2D eigenvalue weighted by Crippen LogP contribution is -2.25. The Morgan fingerprint density at radius 1 is 0.714 bits per heavy atom. The van der Waals surface area contributed by atoms with Gasteiger partial charge in [-0.05, 0) is 104 Å². The van der Waals surface area contributed by atoms with Crippen molar-refractivity contribution in [1.82, 2.24) is 4.98 Å². The van der Waals surface area contributed by atoms with Gasteiger partial charge in [0, 0.05) is 23.9 Å². The number of ether oxygens (including phenoxy) is 1. The molecule has 0 aliphatic heterocycles. The van der Waals surface area contributed by atoms with E-state index in [1.807, 2.05) is 18.3 Å². The van der Waals surface area contributed by atoms with Crippen molar-refractivity contribution in [3.63, 3.8) is 0 Å². The average molecular weight is 690 g/mol. The highest BCUT2D eigenvalue weighted by Gasteiger charge is 2.41. The first-order valence-electron chi connectivity index (χ1n) is 16.9. The van der Waals surface area contributed by atoms with Gasteiger partial charge in [0.2, 0.25) is 0 Å². The van der Waals surface area contributed by atoms with Crippen LogP contribution in [0.15, 0.2) is 60.8 Å². The number of aromatic nitrogens is 1. The van der Waals surface area contributed by atoms with Crippen LogP contribution >= 0.6 is 0 Å². The Morgan fingerprint density at radius 3 is 2.00 bits per heavy atom. The molecule has 0 saturated heterocycles. The number of hydrogen-bond acceptors (Lipinski definition) is 2. The second kappa shape index (κ2) is 16.2. The van der Waals surface area contributed by atoms with E-state index < -0.39 is 52.3 Å². The first kappa shape index (κ1) is 36.3. The minimum Gasteiger partial charge on any atom is -0.429 e. The Hall–Kier alpha value is -3.95. The van der Waals surface area contributed by atoms with Crippen LogP contribution in [-0.4, -0.2) is 4.98 Å². The van der Waals surface area contributed by atoms with Gasteiger partial charge in [-0.1, -0.05) is 50.8 Å². The van der Waals surface area contributed by atoms with Crippen molar-refractivity contribution in [3.8, 4) is 17.0 Å². The van der Waals surface area contributed by atoms with Crippen molar-refractivity contribution in [2.45, 2.75) is 96.0 Å². The SMILES string of the molecule is CCCCCC1CCC(c2ccc(-c3ccc(CCCCc4cc(F)c(C(F)(F)Oc5cc(F)c(F)c(F)c5)c(F)c4)c(F)c3)nc2)CC1. The Morgan fingerprint density at radius 2 is 1.39 bits per heavy atom. The molecule has 1 saturated carbocycles. The summed E-state index contributed by atoms with van der Waals surface area (Å²) in [6, 6.07) is 10.7. The van der Waals surface area contributed by atoms with Crippen molar-refractivity contribution in [2.24, 2.45) is 5.92 Å². The molecular weight excluding hydrogens is 650 g/mol. The molecule has 5 rings (SSSR count). The Balaban J connectivity index is 1.12. The number of nitrogens with zero attached hydrogens (tertiary/aromatic N) is 1. The molecule has 1 aromatic heterocycles. The summed E-state index contributed by atoms with van der Waals surface area (Å²) in [5.74, 6) is -8.98. The molecule has 1 aliphatic carbocycles. The van der Waals surface area contributed by atoms with Crippen molar-refractivity contribution >= 4 is 0 Å². The van der Waals surface area contributed by atoms with Crippen molar-refractivity contribution in [1.29, 1.82) is 0 Å². The number of benzene rings is 3. The van der Waals surface area contributed by atoms with E-state index in [2.05, 4.69) is 22.7 Å². The summed E-state index contributed by atoms with van der Waals surface area (Å²) < 4.78 is 118. The van der Waals surface area contributed by atoms with Crippen LogP contribution in [-0.2, 0) is 19.0 Å². The van der Waals surface area contributed by atoms with Crippen LogP contribution in [0.1, 0.15) is 99.3 Å². The average Bonchev–Trinajstić information content (AvgIpc) is 3.06. The van der Waals surface area contributed by atoms with E-state index in [1.54, 1.807) is 6.07 Å². The maximum Gasteiger partial charge on any atom is 0.432 e. The third-order valence-electron chi connectivity index (χ3n) is 9.43. The molecule has 4 aromatic rings. The number of rotatable bonds is 14. The summed E-state index contributed by atoms with van der Waals surface area (Å²) in [4.78, 5) is 4.62. The monoisotopic (exact) mass is 689 g/mol. The van der Waals surface area contributed by atoms with Crippen molar-refractivity contribution in [3.05, 3.63) is 118 Å². The van der Waals surface area contributed by atoms with Crippen LogP contribution in [0, 0.1) is 40.8 Å². The maximum absolute atomic E-state index is 15.0. The summed E-state index contributed by atoms with van der Waals surface area (Å²) in [6.45, 7) is 2.23. The summed E-state index contributed by atoms with van der Waals surface area (Å²) in [6.07, 6.45) is 8.60. The molecule has 10 heteroatoms. The molecular formula is C39H39F8NO. The van der Waals surface area contributed by atoms with E-state index in [-0.39, 0.29) is 24.1 Å². The van der Waals surface area contributed by atoms with E-state index in [0.29, 0.717) is 42.0 Å². The van der Waals surface area contributed by atoms with Gasteiger partial charge < -0.3 is 4.74 Å². The fourth-order valence-electron chi connectivity index (χ4n) is 6.68. The largest absolute Gasteiger partial charge is 0.432 e. The molecule has 0 bridgehead atoms. The maximum atomic E-state index is 15.0. The van der Waals surface area contributed by atoms with Crippen LogP contribution in [0.4, 0.5) is 35.1 Å². The highest BCUT2D eigenvalue weighted by atomic mass is 19.3. The topological polar surface area (TPSA) is 22.1 Å². The van der Waals surface area contributed by atoms with Gasteiger partial charge in [-0.3, -0.25) is 4.98 Å². The lowest BCUT2D eigenvalue weighted by Gasteiger charge is -2.28. The number of pyridine rings is 1. The highest BCUT2D eigenvalue weighted by molar-refractivity contribution is 5.60. The molecule has 0 amide bonds. The molecule has 1 fully saturated rings. The van der Waals surface area contributed by atoms with Crippen LogP contribution < -0.4 is 4.74 Å². The van der Waals surface area contributed by atoms with E-state index in [9.17, 15) is 30.7 Å². The molecule has 0 radical (unpaired) electrons. The molecule has 262 valence electrons. The minimum absolute atomic E-state index is 0.0822. The third-order valence-corrected chi connectivity index (χ3v) is 9.43. The second-order valence-corrected chi connectivity index (χ2v) is 13.0. The number of unbranched alkanes of at least 4 members (excludes halogenated alkanes) is 3. The van der Waals surface area contributed by atoms with Gasteiger partial charge >= 0.3 is 6.11 Å². The molecule has 0 atom stereocenters. The normalized spacial score (nSPS) is 16.6. The quantitative estimate of drug-likeness (QED) is 0.0747. The zero-order valence-corrected chi connectivity index (χ0v) is 27.3. The van der Waals surface area contributed by atoms with Crippen LogP contribution in [0.3, 0.4) is 0 Å². The molecule has 3 aromatic carbocycles.